The Hall–Kier alpha value is -1.30. The number of quaternary nitrogens is 2. The molecule has 20 heavy (non-hydrogen) atoms. The quantitative estimate of drug-likeness (QED) is 0.384. The van der Waals surface area contributed by atoms with Crippen LogP contribution in [-0.4, -0.2) is 5.84 Å². The van der Waals surface area contributed by atoms with Gasteiger partial charge in [0.2, 0.25) is 5.69 Å². The van der Waals surface area contributed by atoms with Crippen LogP contribution in [0.15, 0.2) is 42.5 Å². The minimum absolute atomic E-state index is 0. The van der Waals surface area contributed by atoms with E-state index in [1.54, 1.807) is 0 Å². The first-order chi connectivity index (χ1) is 8.22. The van der Waals surface area contributed by atoms with Gasteiger partial charge < -0.3 is 48.7 Å². The number of nitrogen functional groups attached to an aromatic ring is 2. The molecule has 0 bridgehead atoms. The number of benzene rings is 2. The summed E-state index contributed by atoms with van der Waals surface area (Å²) in [6, 6.07) is 14.0. The Morgan fingerprint density at radius 3 is 2.25 bits per heavy atom. The van der Waals surface area contributed by atoms with Crippen molar-refractivity contribution < 1.29 is 53.3 Å². The van der Waals surface area contributed by atoms with Gasteiger partial charge in [-0.2, -0.15) is 4.99 Å². The van der Waals surface area contributed by atoms with Crippen molar-refractivity contribution in [1.29, 1.82) is 0 Å². The second-order valence-electron chi connectivity index (χ2n) is 4.23. The summed E-state index contributed by atoms with van der Waals surface area (Å²) < 4.78 is 0. The molecule has 0 atom stereocenters. The highest BCUT2D eigenvalue weighted by Crippen LogP contribution is 2.17. The van der Waals surface area contributed by atoms with Crippen LogP contribution >= 0.6 is 0 Å². The Labute approximate surface area is 135 Å². The van der Waals surface area contributed by atoms with Crippen molar-refractivity contribution in [2.45, 2.75) is 0 Å². The molecule has 0 fully saturated rings. The number of rotatable bonds is 1. The molecule has 0 spiro atoms. The predicted molar refractivity (Wildman–Crippen MR) is 66.2 cm³/mol. The number of fused-ring (bicyclic) bond motifs is 1. The summed E-state index contributed by atoms with van der Waals surface area (Å²) in [4.78, 5) is 3.38. The van der Waals surface area contributed by atoms with E-state index in [4.69, 9.17) is 5.73 Å². The fourth-order valence-corrected chi connectivity index (χ4v) is 1.99. The van der Waals surface area contributed by atoms with Gasteiger partial charge in [0.25, 0.3) is 5.69 Å². The Balaban J connectivity index is 0.00000120. The lowest BCUT2D eigenvalue weighted by Crippen LogP contribution is -3.00. The molecule has 8 N–H and O–H groups in total. The van der Waals surface area contributed by atoms with Gasteiger partial charge in [0.15, 0.2) is 0 Å². The summed E-state index contributed by atoms with van der Waals surface area (Å²) in [5.74, 6) is 1.10. The van der Waals surface area contributed by atoms with Gasteiger partial charge in [0.05, 0.1) is 0 Å². The van der Waals surface area contributed by atoms with Crippen molar-refractivity contribution in [1.82, 2.24) is 0 Å². The number of hydrogen-bond acceptors (Lipinski definition) is 1. The standard InChI is InChI=1S/C13H12N4.3ClH/c14-9-3-1-8(2-4-9)13-16-11-6-5-10(15)7-12(11)17-13;;;/h1-7H,14-15H2,(H,16,17);3*1H. The Morgan fingerprint density at radius 2 is 1.60 bits per heavy atom. The van der Waals surface area contributed by atoms with Crippen molar-refractivity contribution in [3.63, 3.8) is 0 Å². The number of hydrogen-bond donors (Lipinski definition) is 4. The maximum Gasteiger partial charge on any atom is 0.377 e. The number of nitrogens with two attached hydrogens (primary N) is 2. The van der Waals surface area contributed by atoms with Gasteiger partial charge in [-0.15, -0.1) is 0 Å². The van der Waals surface area contributed by atoms with Gasteiger partial charge in [-0.25, -0.2) is 5.32 Å². The van der Waals surface area contributed by atoms with Crippen molar-refractivity contribution >= 4 is 28.6 Å². The van der Waals surface area contributed by atoms with E-state index in [2.05, 4.69) is 28.2 Å². The monoisotopic (exact) mass is 332 g/mol. The van der Waals surface area contributed by atoms with Gasteiger partial charge in [-0.05, 0) is 30.3 Å². The molecule has 7 heteroatoms. The molecular weight excluding hydrogens is 319 g/mol. The number of anilines is 1. The maximum absolute atomic E-state index is 5.77. The largest absolute Gasteiger partial charge is 1.00 e. The highest BCUT2D eigenvalue weighted by molar-refractivity contribution is 5.91. The van der Waals surface area contributed by atoms with Crippen LogP contribution < -0.4 is 59.0 Å². The molecule has 0 aliphatic carbocycles. The average Bonchev–Trinajstić information content (AvgIpc) is 2.72. The van der Waals surface area contributed by atoms with Crippen molar-refractivity contribution in [2.24, 2.45) is 0 Å². The van der Waals surface area contributed by atoms with Crippen molar-refractivity contribution in [3.8, 4) is 0 Å². The lowest BCUT2D eigenvalue weighted by atomic mass is 10.2. The van der Waals surface area contributed by atoms with Gasteiger partial charge in [-0.3, -0.25) is 0 Å². The van der Waals surface area contributed by atoms with Gasteiger partial charge >= 0.3 is 5.84 Å². The van der Waals surface area contributed by atoms with Crippen LogP contribution in [0.5, 0.6) is 0 Å². The molecule has 4 nitrogen and oxygen atoms in total. The third-order valence-corrected chi connectivity index (χ3v) is 2.91. The van der Waals surface area contributed by atoms with E-state index in [1.807, 2.05) is 30.3 Å². The highest BCUT2D eigenvalue weighted by atomic mass is 35.5. The predicted octanol–water partition coefficient (Wildman–Crippen LogP) is -10.5. The van der Waals surface area contributed by atoms with E-state index in [-0.39, 0.29) is 37.2 Å². The number of amidine groups is 1. The fraction of sp³-hybridized carbons (Fsp3) is 0. The third kappa shape index (κ3) is 3.62. The summed E-state index contributed by atoms with van der Waals surface area (Å²) in [6.45, 7) is 0. The molecule has 0 aromatic heterocycles. The zero-order valence-electron chi connectivity index (χ0n) is 10.5. The fourth-order valence-electron chi connectivity index (χ4n) is 1.99. The van der Waals surface area contributed by atoms with E-state index >= 15 is 0 Å². The molecule has 1 heterocycles. The molecule has 2 aromatic rings. The molecule has 108 valence electrons. The maximum atomic E-state index is 5.77. The first kappa shape index (κ1) is 18.7. The molecule has 1 aliphatic heterocycles. The second-order valence-corrected chi connectivity index (χ2v) is 4.23. The zero-order chi connectivity index (χ0) is 11.8. The normalized spacial score (nSPS) is 11.3. The van der Waals surface area contributed by atoms with E-state index in [0.29, 0.717) is 0 Å². The molecule has 3 rings (SSSR count). The Kier molecular flexibility index (Phi) is 6.99. The van der Waals surface area contributed by atoms with E-state index in [0.717, 1.165) is 34.1 Å². The van der Waals surface area contributed by atoms with Crippen LogP contribution in [0.25, 0.3) is 0 Å². The number of halogens is 3. The lowest BCUT2D eigenvalue weighted by molar-refractivity contribution is -0.483. The summed E-state index contributed by atoms with van der Waals surface area (Å²) in [5, 5.41) is 2.11. The smallest absolute Gasteiger partial charge is 0.377 e. The minimum atomic E-state index is 0. The SMILES string of the molecule is Nc1ccc2c(c1)[NH2+]C(c1ccc([NH3+])cc1)=[NH+]2.[Cl-].[Cl-].[Cl-]. The van der Waals surface area contributed by atoms with Crippen LogP contribution in [0, 0.1) is 0 Å². The first-order valence-corrected chi connectivity index (χ1v) is 5.53. The van der Waals surface area contributed by atoms with Crippen LogP contribution in [0.2, 0.25) is 0 Å². The van der Waals surface area contributed by atoms with E-state index < -0.39 is 0 Å². The summed E-state index contributed by atoms with van der Waals surface area (Å²) in [7, 11) is 0. The summed E-state index contributed by atoms with van der Waals surface area (Å²) >= 11 is 0. The molecule has 0 saturated carbocycles. The Bertz CT molecular complexity index is 612. The van der Waals surface area contributed by atoms with E-state index in [1.165, 1.54) is 0 Å². The average molecular weight is 334 g/mol. The molecule has 0 radical (unpaired) electrons. The van der Waals surface area contributed by atoms with Gasteiger partial charge in [-0.1, -0.05) is 0 Å². The lowest BCUT2D eigenvalue weighted by Gasteiger charge is -1.93. The van der Waals surface area contributed by atoms with Crippen LogP contribution in [0.1, 0.15) is 5.56 Å². The zero-order valence-corrected chi connectivity index (χ0v) is 12.8. The van der Waals surface area contributed by atoms with E-state index in [9.17, 15) is 0 Å². The molecule has 0 unspecified atom stereocenters. The third-order valence-electron chi connectivity index (χ3n) is 2.91. The summed E-state index contributed by atoms with van der Waals surface area (Å²) in [6.07, 6.45) is 0. The molecule has 1 aliphatic rings. The summed E-state index contributed by atoms with van der Waals surface area (Å²) in [5.41, 5.74) is 14.9. The van der Waals surface area contributed by atoms with Gasteiger partial charge in [0.1, 0.15) is 11.3 Å². The van der Waals surface area contributed by atoms with Crippen LogP contribution in [-0.2, 0) is 0 Å². The first-order valence-electron chi connectivity index (χ1n) is 5.53. The molecule has 2 aromatic carbocycles. The Morgan fingerprint density at radius 1 is 0.950 bits per heavy atom. The minimum Gasteiger partial charge on any atom is -1.00 e. The van der Waals surface area contributed by atoms with Crippen molar-refractivity contribution in [2.75, 3.05) is 5.73 Å². The number of nitrogens with one attached hydrogen (secondary N) is 1. The highest BCUT2D eigenvalue weighted by Gasteiger charge is 2.28. The topological polar surface area (TPSA) is 84.2 Å². The molecular formula is C13H15Cl3N4. The second kappa shape index (κ2) is 7.47. The van der Waals surface area contributed by atoms with Gasteiger partial charge in [0, 0.05) is 17.8 Å². The van der Waals surface area contributed by atoms with Crippen molar-refractivity contribution in [3.05, 3.63) is 48.0 Å². The van der Waals surface area contributed by atoms with Crippen LogP contribution in [0.3, 0.4) is 0 Å². The molecule has 0 amide bonds. The van der Waals surface area contributed by atoms with Crippen LogP contribution in [0.4, 0.5) is 22.7 Å². The molecule has 0 saturated heterocycles.